The van der Waals surface area contributed by atoms with E-state index in [-0.39, 0.29) is 0 Å². The number of aromatic nitrogens is 3. The molecule has 0 atom stereocenters. The van der Waals surface area contributed by atoms with Gasteiger partial charge in [-0.2, -0.15) is 0 Å². The number of nitrogens with two attached hydrogens (primary N) is 1. The van der Waals surface area contributed by atoms with Crippen molar-refractivity contribution in [1.82, 2.24) is 14.6 Å². The Morgan fingerprint density at radius 1 is 1.50 bits per heavy atom. The number of pyridine rings is 1. The lowest BCUT2D eigenvalue weighted by Crippen LogP contribution is -1.98. The van der Waals surface area contributed by atoms with Crippen molar-refractivity contribution in [2.45, 2.75) is 13.5 Å². The minimum atomic E-state index is 0.390. The summed E-state index contributed by atoms with van der Waals surface area (Å²) in [5.41, 5.74) is 7.42. The maximum atomic E-state index is 5.41. The van der Waals surface area contributed by atoms with Crippen molar-refractivity contribution in [2.24, 2.45) is 5.73 Å². The van der Waals surface area contributed by atoms with E-state index >= 15 is 0 Å². The van der Waals surface area contributed by atoms with Crippen LogP contribution in [0.3, 0.4) is 0 Å². The van der Waals surface area contributed by atoms with Crippen molar-refractivity contribution < 1.29 is 0 Å². The van der Waals surface area contributed by atoms with Gasteiger partial charge in [-0.25, -0.2) is 9.50 Å². The van der Waals surface area contributed by atoms with Crippen molar-refractivity contribution in [1.29, 1.82) is 0 Å². The van der Waals surface area contributed by atoms with Crippen molar-refractivity contribution in [3.8, 4) is 0 Å². The van der Waals surface area contributed by atoms with Gasteiger partial charge >= 0.3 is 0 Å². The molecule has 0 unspecified atom stereocenters. The van der Waals surface area contributed by atoms with E-state index in [1.165, 1.54) is 0 Å². The first-order chi connectivity index (χ1) is 5.79. The second-order valence-electron chi connectivity index (χ2n) is 2.74. The van der Waals surface area contributed by atoms with Crippen LogP contribution >= 0.6 is 0 Å². The first-order valence-electron chi connectivity index (χ1n) is 3.81. The van der Waals surface area contributed by atoms with Gasteiger partial charge in [-0.3, -0.25) is 0 Å². The maximum absolute atomic E-state index is 5.41. The summed E-state index contributed by atoms with van der Waals surface area (Å²) in [6.07, 6.45) is 1.93. The van der Waals surface area contributed by atoms with Crippen LogP contribution in [0.2, 0.25) is 0 Å². The van der Waals surface area contributed by atoms with Gasteiger partial charge in [-0.1, -0.05) is 6.07 Å². The number of aryl methyl sites for hydroxylation is 1. The first-order valence-corrected chi connectivity index (χ1v) is 3.81. The zero-order valence-corrected chi connectivity index (χ0v) is 6.86. The van der Waals surface area contributed by atoms with Crippen molar-refractivity contribution >= 4 is 5.65 Å². The summed E-state index contributed by atoms with van der Waals surface area (Å²) >= 11 is 0. The molecular formula is C8H10N4. The van der Waals surface area contributed by atoms with Gasteiger partial charge in [0.1, 0.15) is 0 Å². The number of nitrogens with zero attached hydrogens (tertiary/aromatic N) is 3. The van der Waals surface area contributed by atoms with Gasteiger partial charge in [0.2, 0.25) is 0 Å². The highest BCUT2D eigenvalue weighted by Crippen LogP contribution is 2.02. The molecule has 0 saturated carbocycles. The van der Waals surface area contributed by atoms with Crippen molar-refractivity contribution in [3.05, 3.63) is 29.7 Å². The Balaban J connectivity index is 2.67. The topological polar surface area (TPSA) is 56.2 Å². The molecule has 0 aliphatic carbocycles. The molecular weight excluding hydrogens is 152 g/mol. The number of fused-ring (bicyclic) bond motifs is 1. The fourth-order valence-corrected chi connectivity index (χ4v) is 1.12. The van der Waals surface area contributed by atoms with Crippen LogP contribution < -0.4 is 5.73 Å². The highest BCUT2D eigenvalue weighted by atomic mass is 15.3. The van der Waals surface area contributed by atoms with Crippen molar-refractivity contribution in [3.63, 3.8) is 0 Å². The summed E-state index contributed by atoms with van der Waals surface area (Å²) in [5, 5.41) is 4.17. The molecule has 2 aromatic rings. The second-order valence-corrected chi connectivity index (χ2v) is 2.74. The first kappa shape index (κ1) is 7.24. The lowest BCUT2D eigenvalue weighted by atomic mass is 10.3. The Hall–Kier alpha value is -1.42. The molecule has 62 valence electrons. The Morgan fingerprint density at radius 2 is 2.33 bits per heavy atom. The Labute approximate surface area is 70.0 Å². The van der Waals surface area contributed by atoms with Gasteiger partial charge in [0.05, 0.1) is 6.54 Å². The number of hydrogen-bond acceptors (Lipinski definition) is 3. The largest absolute Gasteiger partial charge is 0.324 e. The lowest BCUT2D eigenvalue weighted by molar-refractivity contribution is 0.866. The second kappa shape index (κ2) is 2.57. The highest BCUT2D eigenvalue weighted by Gasteiger charge is 1.99. The van der Waals surface area contributed by atoms with Gasteiger partial charge in [0.15, 0.2) is 11.5 Å². The van der Waals surface area contributed by atoms with Crippen LogP contribution in [0.25, 0.3) is 5.65 Å². The monoisotopic (exact) mass is 162 g/mol. The molecule has 0 amide bonds. The van der Waals surface area contributed by atoms with Gasteiger partial charge in [-0.15, -0.1) is 5.10 Å². The molecule has 0 aliphatic rings. The van der Waals surface area contributed by atoms with Crippen LogP contribution in [-0.2, 0) is 6.54 Å². The molecule has 0 radical (unpaired) electrons. The SMILES string of the molecule is Cc1ccc2nc(CN)nn2c1. The van der Waals surface area contributed by atoms with Gasteiger partial charge < -0.3 is 5.73 Å². The van der Waals surface area contributed by atoms with E-state index in [2.05, 4.69) is 10.1 Å². The minimum absolute atomic E-state index is 0.390. The third-order valence-electron chi connectivity index (χ3n) is 1.71. The lowest BCUT2D eigenvalue weighted by Gasteiger charge is -1.91. The molecule has 2 rings (SSSR count). The predicted octanol–water partition coefficient (Wildman–Crippen LogP) is 0.496. The van der Waals surface area contributed by atoms with Crippen LogP contribution in [-0.4, -0.2) is 14.6 Å². The summed E-state index contributed by atoms with van der Waals surface area (Å²) in [4.78, 5) is 4.20. The summed E-state index contributed by atoms with van der Waals surface area (Å²) in [6, 6.07) is 3.94. The molecule has 0 fully saturated rings. The molecule has 0 aromatic carbocycles. The van der Waals surface area contributed by atoms with Gasteiger partial charge in [0.25, 0.3) is 0 Å². The smallest absolute Gasteiger partial charge is 0.165 e. The van der Waals surface area contributed by atoms with E-state index in [1.54, 1.807) is 4.52 Å². The van der Waals surface area contributed by atoms with E-state index in [1.807, 2.05) is 25.3 Å². The molecule has 0 aliphatic heterocycles. The Kier molecular flexibility index (Phi) is 1.55. The molecule has 2 heterocycles. The molecule has 0 bridgehead atoms. The van der Waals surface area contributed by atoms with Crippen LogP contribution in [0.1, 0.15) is 11.4 Å². The molecule has 0 saturated heterocycles. The molecule has 2 aromatic heterocycles. The average Bonchev–Trinajstić information content (AvgIpc) is 2.46. The van der Waals surface area contributed by atoms with Gasteiger partial charge in [0, 0.05) is 6.20 Å². The summed E-state index contributed by atoms with van der Waals surface area (Å²) in [7, 11) is 0. The van der Waals surface area contributed by atoms with Crippen LogP contribution in [0.4, 0.5) is 0 Å². The van der Waals surface area contributed by atoms with Crippen LogP contribution in [0.15, 0.2) is 18.3 Å². The Bertz CT molecular complexity index is 404. The Morgan fingerprint density at radius 3 is 3.08 bits per heavy atom. The number of rotatable bonds is 1. The average molecular weight is 162 g/mol. The van der Waals surface area contributed by atoms with E-state index in [0.717, 1.165) is 11.2 Å². The molecule has 2 N–H and O–H groups in total. The van der Waals surface area contributed by atoms with Gasteiger partial charge in [-0.05, 0) is 18.6 Å². The maximum Gasteiger partial charge on any atom is 0.165 e. The molecule has 12 heavy (non-hydrogen) atoms. The minimum Gasteiger partial charge on any atom is -0.324 e. The summed E-state index contributed by atoms with van der Waals surface area (Å²) in [6.45, 7) is 2.41. The predicted molar refractivity (Wildman–Crippen MR) is 45.6 cm³/mol. The molecule has 4 nitrogen and oxygen atoms in total. The fraction of sp³-hybridized carbons (Fsp3) is 0.250. The van der Waals surface area contributed by atoms with Crippen molar-refractivity contribution in [2.75, 3.05) is 0 Å². The van der Waals surface area contributed by atoms with E-state index in [4.69, 9.17) is 5.73 Å². The van der Waals surface area contributed by atoms with E-state index < -0.39 is 0 Å². The third-order valence-corrected chi connectivity index (χ3v) is 1.71. The third kappa shape index (κ3) is 1.06. The summed E-state index contributed by atoms with van der Waals surface area (Å²) < 4.78 is 1.75. The standard InChI is InChI=1S/C8H10N4/c1-6-2-3-8-10-7(4-9)11-12(8)5-6/h2-3,5H,4,9H2,1H3. The zero-order chi connectivity index (χ0) is 8.55. The van der Waals surface area contributed by atoms with Crippen LogP contribution in [0, 0.1) is 6.92 Å². The van der Waals surface area contributed by atoms with Crippen LogP contribution in [0.5, 0.6) is 0 Å². The molecule has 0 spiro atoms. The van der Waals surface area contributed by atoms with E-state index in [9.17, 15) is 0 Å². The quantitative estimate of drug-likeness (QED) is 0.664. The summed E-state index contributed by atoms with van der Waals surface area (Å²) in [5.74, 6) is 0.681. The van der Waals surface area contributed by atoms with E-state index in [0.29, 0.717) is 12.4 Å². The number of hydrogen-bond donors (Lipinski definition) is 1. The molecule has 4 heteroatoms. The zero-order valence-electron chi connectivity index (χ0n) is 6.86. The highest BCUT2D eigenvalue weighted by molar-refractivity contribution is 5.38. The fourth-order valence-electron chi connectivity index (χ4n) is 1.12. The normalized spacial score (nSPS) is 10.8.